The lowest BCUT2D eigenvalue weighted by Gasteiger charge is -2.18. The van der Waals surface area contributed by atoms with Crippen molar-refractivity contribution in [2.24, 2.45) is 0 Å². The van der Waals surface area contributed by atoms with Crippen LogP contribution in [0.25, 0.3) is 0 Å². The summed E-state index contributed by atoms with van der Waals surface area (Å²) in [4.78, 5) is 3.86. The molecule has 0 radical (unpaired) electrons. The van der Waals surface area contributed by atoms with Crippen LogP contribution in [0.3, 0.4) is 0 Å². The number of nitrogens with one attached hydrogen (secondary N) is 1. The lowest BCUT2D eigenvalue weighted by molar-refractivity contribution is 0.414. The SMILES string of the molecule is CN1CCC(Nc2ccccc2SC2CCCC2)C1. The molecule has 3 heteroatoms. The first kappa shape index (κ1) is 13.3. The van der Waals surface area contributed by atoms with Gasteiger partial charge in [0, 0.05) is 28.4 Å². The molecule has 0 amide bonds. The molecule has 2 nitrogen and oxygen atoms in total. The molecule has 1 N–H and O–H groups in total. The summed E-state index contributed by atoms with van der Waals surface area (Å²) in [6.07, 6.45) is 6.89. The highest BCUT2D eigenvalue weighted by Crippen LogP contribution is 2.38. The fourth-order valence-corrected chi connectivity index (χ4v) is 4.49. The minimum absolute atomic E-state index is 0.621. The van der Waals surface area contributed by atoms with Crippen molar-refractivity contribution in [3.05, 3.63) is 24.3 Å². The molecule has 1 aromatic carbocycles. The van der Waals surface area contributed by atoms with Gasteiger partial charge >= 0.3 is 0 Å². The van der Waals surface area contributed by atoms with Crippen molar-refractivity contribution in [3.63, 3.8) is 0 Å². The smallest absolute Gasteiger partial charge is 0.0481 e. The van der Waals surface area contributed by atoms with E-state index in [4.69, 9.17) is 0 Å². The van der Waals surface area contributed by atoms with Gasteiger partial charge in [-0.2, -0.15) is 0 Å². The van der Waals surface area contributed by atoms with E-state index in [-0.39, 0.29) is 0 Å². The molecule has 1 unspecified atom stereocenters. The van der Waals surface area contributed by atoms with Gasteiger partial charge in [-0.1, -0.05) is 25.0 Å². The first-order valence-electron chi connectivity index (χ1n) is 7.52. The van der Waals surface area contributed by atoms with Crippen LogP contribution in [0.2, 0.25) is 0 Å². The monoisotopic (exact) mass is 276 g/mol. The largest absolute Gasteiger partial charge is 0.380 e. The molecule has 19 heavy (non-hydrogen) atoms. The zero-order valence-electron chi connectivity index (χ0n) is 11.8. The average Bonchev–Trinajstić information content (AvgIpc) is 3.04. The fourth-order valence-electron chi connectivity index (χ4n) is 3.15. The van der Waals surface area contributed by atoms with Crippen molar-refractivity contribution in [1.29, 1.82) is 0 Å². The van der Waals surface area contributed by atoms with E-state index >= 15 is 0 Å². The Labute approximate surface area is 121 Å². The molecule has 1 aromatic rings. The Morgan fingerprint density at radius 2 is 1.95 bits per heavy atom. The van der Waals surface area contributed by atoms with Gasteiger partial charge in [-0.05, 0) is 45.0 Å². The van der Waals surface area contributed by atoms with E-state index in [9.17, 15) is 0 Å². The van der Waals surface area contributed by atoms with Crippen LogP contribution in [-0.4, -0.2) is 36.3 Å². The molecule has 1 saturated heterocycles. The molecule has 1 aliphatic heterocycles. The first-order valence-corrected chi connectivity index (χ1v) is 8.40. The van der Waals surface area contributed by atoms with Crippen molar-refractivity contribution >= 4 is 17.4 Å². The predicted molar refractivity (Wildman–Crippen MR) is 84.1 cm³/mol. The molecule has 0 bridgehead atoms. The molecule has 0 aromatic heterocycles. The number of hydrogen-bond acceptors (Lipinski definition) is 3. The Bertz CT molecular complexity index is 415. The average molecular weight is 276 g/mol. The number of para-hydroxylation sites is 1. The number of thioether (sulfide) groups is 1. The van der Waals surface area contributed by atoms with Gasteiger partial charge in [0.25, 0.3) is 0 Å². The Kier molecular flexibility index (Phi) is 4.34. The Morgan fingerprint density at radius 1 is 1.16 bits per heavy atom. The Morgan fingerprint density at radius 3 is 2.68 bits per heavy atom. The zero-order chi connectivity index (χ0) is 13.1. The molecule has 1 saturated carbocycles. The Balaban J connectivity index is 1.66. The third-order valence-corrected chi connectivity index (χ3v) is 5.65. The van der Waals surface area contributed by atoms with Crippen LogP contribution in [-0.2, 0) is 0 Å². The molecular weight excluding hydrogens is 252 g/mol. The van der Waals surface area contributed by atoms with Crippen molar-refractivity contribution in [2.75, 3.05) is 25.5 Å². The van der Waals surface area contributed by atoms with Gasteiger partial charge in [-0.25, -0.2) is 0 Å². The number of likely N-dealkylation sites (tertiary alicyclic amines) is 1. The van der Waals surface area contributed by atoms with E-state index in [1.807, 2.05) is 0 Å². The number of hydrogen-bond donors (Lipinski definition) is 1. The molecule has 2 aliphatic rings. The van der Waals surface area contributed by atoms with E-state index < -0.39 is 0 Å². The van der Waals surface area contributed by atoms with Gasteiger partial charge in [0.1, 0.15) is 0 Å². The van der Waals surface area contributed by atoms with E-state index in [1.165, 1.54) is 55.8 Å². The van der Waals surface area contributed by atoms with Crippen LogP contribution in [0.1, 0.15) is 32.1 Å². The van der Waals surface area contributed by atoms with Gasteiger partial charge < -0.3 is 10.2 Å². The van der Waals surface area contributed by atoms with Gasteiger partial charge in [0.05, 0.1) is 0 Å². The summed E-state index contributed by atoms with van der Waals surface area (Å²) in [6, 6.07) is 9.47. The van der Waals surface area contributed by atoms with Crippen LogP contribution in [0.4, 0.5) is 5.69 Å². The second-order valence-electron chi connectivity index (χ2n) is 5.91. The molecule has 0 spiro atoms. The van der Waals surface area contributed by atoms with Crippen LogP contribution in [0.5, 0.6) is 0 Å². The number of rotatable bonds is 4. The summed E-state index contributed by atoms with van der Waals surface area (Å²) in [5.41, 5.74) is 1.35. The maximum atomic E-state index is 3.75. The molecule has 104 valence electrons. The van der Waals surface area contributed by atoms with Crippen molar-refractivity contribution in [2.45, 2.75) is 48.3 Å². The minimum Gasteiger partial charge on any atom is -0.380 e. The standard InChI is InChI=1S/C16H24N2S/c1-18-11-10-13(12-18)17-15-8-4-5-9-16(15)19-14-6-2-3-7-14/h4-5,8-9,13-14,17H,2-3,6-7,10-12H2,1H3. The van der Waals surface area contributed by atoms with Crippen molar-refractivity contribution in [1.82, 2.24) is 4.90 Å². The number of benzene rings is 1. The highest BCUT2D eigenvalue weighted by atomic mass is 32.2. The van der Waals surface area contributed by atoms with Crippen LogP contribution in [0, 0.1) is 0 Å². The van der Waals surface area contributed by atoms with Gasteiger partial charge in [-0.3, -0.25) is 0 Å². The fraction of sp³-hybridized carbons (Fsp3) is 0.625. The van der Waals surface area contributed by atoms with Crippen LogP contribution < -0.4 is 5.32 Å². The zero-order valence-corrected chi connectivity index (χ0v) is 12.6. The maximum absolute atomic E-state index is 3.75. The van der Waals surface area contributed by atoms with Crippen molar-refractivity contribution < 1.29 is 0 Å². The highest BCUT2D eigenvalue weighted by Gasteiger charge is 2.21. The summed E-state index contributed by atoms with van der Waals surface area (Å²) < 4.78 is 0. The lowest BCUT2D eigenvalue weighted by atomic mass is 10.2. The minimum atomic E-state index is 0.621. The predicted octanol–water partition coefficient (Wildman–Crippen LogP) is 3.84. The summed E-state index contributed by atoms with van der Waals surface area (Å²) in [5.74, 6) is 0. The maximum Gasteiger partial charge on any atom is 0.0481 e. The van der Waals surface area contributed by atoms with Gasteiger partial charge in [0.2, 0.25) is 0 Å². The second kappa shape index (κ2) is 6.19. The molecule has 1 atom stereocenters. The topological polar surface area (TPSA) is 15.3 Å². The van der Waals surface area contributed by atoms with E-state index in [2.05, 4.69) is 53.3 Å². The normalized spacial score (nSPS) is 25.0. The summed E-state index contributed by atoms with van der Waals surface area (Å²) >= 11 is 2.09. The summed E-state index contributed by atoms with van der Waals surface area (Å²) in [6.45, 7) is 2.39. The lowest BCUT2D eigenvalue weighted by Crippen LogP contribution is -2.23. The quantitative estimate of drug-likeness (QED) is 0.899. The third-order valence-electron chi connectivity index (χ3n) is 4.23. The summed E-state index contributed by atoms with van der Waals surface area (Å²) in [5, 5.41) is 4.59. The number of anilines is 1. The molecular formula is C16H24N2S. The third kappa shape index (κ3) is 3.46. The van der Waals surface area contributed by atoms with Gasteiger partial charge in [0.15, 0.2) is 0 Å². The Hall–Kier alpha value is -0.670. The number of likely N-dealkylation sites (N-methyl/N-ethyl adjacent to an activating group) is 1. The second-order valence-corrected chi connectivity index (χ2v) is 7.25. The molecule has 3 rings (SSSR count). The van der Waals surface area contributed by atoms with E-state index in [0.717, 1.165) is 5.25 Å². The highest BCUT2D eigenvalue weighted by molar-refractivity contribution is 8.00. The van der Waals surface area contributed by atoms with Crippen LogP contribution in [0.15, 0.2) is 29.2 Å². The number of nitrogens with zero attached hydrogens (tertiary/aromatic N) is 1. The molecule has 2 fully saturated rings. The van der Waals surface area contributed by atoms with E-state index in [0.29, 0.717) is 6.04 Å². The summed E-state index contributed by atoms with van der Waals surface area (Å²) in [7, 11) is 2.21. The van der Waals surface area contributed by atoms with Crippen LogP contribution >= 0.6 is 11.8 Å². The molecule has 1 aliphatic carbocycles. The van der Waals surface area contributed by atoms with Crippen molar-refractivity contribution in [3.8, 4) is 0 Å². The van der Waals surface area contributed by atoms with E-state index in [1.54, 1.807) is 0 Å². The molecule has 1 heterocycles. The van der Waals surface area contributed by atoms with Gasteiger partial charge in [-0.15, -0.1) is 11.8 Å². The first-order chi connectivity index (χ1) is 9.31.